The molecule has 2 rings (SSSR count). The minimum Gasteiger partial charge on any atom is -0.466 e. The van der Waals surface area contributed by atoms with E-state index in [9.17, 15) is 4.79 Å². The van der Waals surface area contributed by atoms with Crippen LogP contribution in [0.4, 0.5) is 0 Å². The van der Waals surface area contributed by atoms with Gasteiger partial charge in [0, 0.05) is 6.04 Å². The van der Waals surface area contributed by atoms with Crippen molar-refractivity contribution in [2.45, 2.75) is 50.9 Å². The molecule has 4 unspecified atom stereocenters. The van der Waals surface area contributed by atoms with E-state index in [0.717, 1.165) is 19.3 Å². The van der Waals surface area contributed by atoms with Gasteiger partial charge < -0.3 is 19.9 Å². The van der Waals surface area contributed by atoms with Crippen LogP contribution < -0.4 is 5.73 Å². The predicted molar refractivity (Wildman–Crippen MR) is 61.2 cm³/mol. The highest BCUT2D eigenvalue weighted by atomic mass is 16.7. The lowest BCUT2D eigenvalue weighted by Crippen LogP contribution is -2.41. The Kier molecular flexibility index (Phi) is 4.36. The summed E-state index contributed by atoms with van der Waals surface area (Å²) >= 11 is 0. The Morgan fingerprint density at radius 2 is 2.18 bits per heavy atom. The van der Waals surface area contributed by atoms with E-state index in [4.69, 9.17) is 19.9 Å². The summed E-state index contributed by atoms with van der Waals surface area (Å²) in [5.74, 6) is 0.132. The zero-order chi connectivity index (χ0) is 12.3. The first-order chi connectivity index (χ1) is 8.20. The number of carbonyl (C=O) groups is 1. The smallest absolute Gasteiger partial charge is 0.307 e. The van der Waals surface area contributed by atoms with Crippen LogP contribution >= 0.6 is 0 Å². The molecule has 1 heterocycles. The first-order valence-corrected chi connectivity index (χ1v) is 6.35. The van der Waals surface area contributed by atoms with Crippen LogP contribution in [0.2, 0.25) is 0 Å². The van der Waals surface area contributed by atoms with Crippen molar-refractivity contribution in [3.05, 3.63) is 0 Å². The number of nitrogens with two attached hydrogens (primary N) is 1. The van der Waals surface area contributed by atoms with Crippen LogP contribution in [0.15, 0.2) is 0 Å². The van der Waals surface area contributed by atoms with Gasteiger partial charge in [-0.3, -0.25) is 4.79 Å². The van der Waals surface area contributed by atoms with Gasteiger partial charge in [0.05, 0.1) is 25.2 Å². The van der Waals surface area contributed by atoms with E-state index in [0.29, 0.717) is 25.7 Å². The minimum atomic E-state index is -0.203. The van der Waals surface area contributed by atoms with Gasteiger partial charge in [0.1, 0.15) is 6.79 Å². The third-order valence-corrected chi connectivity index (χ3v) is 3.65. The van der Waals surface area contributed by atoms with Gasteiger partial charge >= 0.3 is 5.97 Å². The fourth-order valence-corrected chi connectivity index (χ4v) is 2.68. The number of fused-ring (bicyclic) bond motifs is 1. The van der Waals surface area contributed by atoms with Crippen molar-refractivity contribution >= 4 is 5.97 Å². The number of esters is 1. The molecule has 2 aliphatic rings. The summed E-state index contributed by atoms with van der Waals surface area (Å²) in [4.78, 5) is 11.4. The predicted octanol–water partition coefficient (Wildman–Crippen LogP) is 0.808. The van der Waals surface area contributed by atoms with E-state index in [1.807, 2.05) is 0 Å². The fourth-order valence-electron chi connectivity index (χ4n) is 2.68. The average molecular weight is 243 g/mol. The Hall–Kier alpha value is -0.650. The standard InChI is InChI=1S/C12H21NO4/c1-2-15-12(14)6-9(13)8-3-4-10-11(5-8)17-7-16-10/h8-11H,2-7,13H2,1H3. The molecule has 17 heavy (non-hydrogen) atoms. The minimum absolute atomic E-state index is 0.126. The summed E-state index contributed by atoms with van der Waals surface area (Å²) in [6.45, 7) is 2.62. The summed E-state index contributed by atoms with van der Waals surface area (Å²) in [6.07, 6.45) is 3.59. The van der Waals surface area contributed by atoms with Crippen molar-refractivity contribution in [2.75, 3.05) is 13.4 Å². The fraction of sp³-hybridized carbons (Fsp3) is 0.917. The lowest BCUT2D eigenvalue weighted by atomic mass is 9.80. The molecule has 0 aromatic carbocycles. The Morgan fingerprint density at radius 1 is 1.41 bits per heavy atom. The lowest BCUT2D eigenvalue weighted by molar-refractivity contribution is -0.144. The number of ether oxygens (including phenoxy) is 3. The number of hydrogen-bond donors (Lipinski definition) is 1. The van der Waals surface area contributed by atoms with Gasteiger partial charge in [-0.1, -0.05) is 0 Å². The Morgan fingerprint density at radius 3 is 2.94 bits per heavy atom. The first-order valence-electron chi connectivity index (χ1n) is 6.35. The van der Waals surface area contributed by atoms with Crippen molar-refractivity contribution in [3.63, 3.8) is 0 Å². The topological polar surface area (TPSA) is 70.8 Å². The molecule has 1 aliphatic carbocycles. The normalized spacial score (nSPS) is 34.1. The molecule has 0 amide bonds. The van der Waals surface area contributed by atoms with Crippen LogP contribution in [-0.2, 0) is 19.0 Å². The van der Waals surface area contributed by atoms with Gasteiger partial charge in [0.25, 0.3) is 0 Å². The van der Waals surface area contributed by atoms with Gasteiger partial charge in [0.2, 0.25) is 0 Å². The molecule has 1 aliphatic heterocycles. The zero-order valence-electron chi connectivity index (χ0n) is 10.3. The maximum absolute atomic E-state index is 11.4. The van der Waals surface area contributed by atoms with Gasteiger partial charge in [-0.15, -0.1) is 0 Å². The van der Waals surface area contributed by atoms with Crippen LogP contribution in [0.25, 0.3) is 0 Å². The second-order valence-electron chi connectivity index (χ2n) is 4.77. The van der Waals surface area contributed by atoms with E-state index in [1.165, 1.54) is 0 Å². The summed E-state index contributed by atoms with van der Waals surface area (Å²) in [6, 6.07) is -0.126. The van der Waals surface area contributed by atoms with E-state index in [1.54, 1.807) is 6.92 Å². The molecule has 0 aromatic rings. The molecular weight excluding hydrogens is 222 g/mol. The molecule has 1 saturated heterocycles. The third-order valence-electron chi connectivity index (χ3n) is 3.65. The molecular formula is C12H21NO4. The summed E-state index contributed by atoms with van der Waals surface area (Å²) < 4.78 is 15.9. The quantitative estimate of drug-likeness (QED) is 0.740. The molecule has 1 saturated carbocycles. The third kappa shape index (κ3) is 3.18. The number of hydrogen-bond acceptors (Lipinski definition) is 5. The van der Waals surface area contributed by atoms with E-state index < -0.39 is 0 Å². The molecule has 4 atom stereocenters. The summed E-state index contributed by atoms with van der Waals surface area (Å²) in [7, 11) is 0. The Labute approximate surface area is 102 Å². The highest BCUT2D eigenvalue weighted by Gasteiger charge is 2.38. The van der Waals surface area contributed by atoms with Crippen molar-refractivity contribution in [2.24, 2.45) is 11.7 Å². The molecule has 0 radical (unpaired) electrons. The van der Waals surface area contributed by atoms with Gasteiger partial charge in [-0.25, -0.2) is 0 Å². The maximum atomic E-state index is 11.4. The van der Waals surface area contributed by atoms with Crippen molar-refractivity contribution in [3.8, 4) is 0 Å². The molecule has 2 fully saturated rings. The van der Waals surface area contributed by atoms with Crippen LogP contribution in [0, 0.1) is 5.92 Å². The molecule has 0 aromatic heterocycles. The second-order valence-corrected chi connectivity index (χ2v) is 4.77. The van der Waals surface area contributed by atoms with Crippen LogP contribution in [0.1, 0.15) is 32.6 Å². The number of carbonyl (C=O) groups excluding carboxylic acids is 1. The van der Waals surface area contributed by atoms with Crippen LogP contribution in [-0.4, -0.2) is 37.6 Å². The molecule has 0 bridgehead atoms. The summed E-state index contributed by atoms with van der Waals surface area (Å²) in [5.41, 5.74) is 6.07. The van der Waals surface area contributed by atoms with Gasteiger partial charge in [-0.2, -0.15) is 0 Å². The largest absolute Gasteiger partial charge is 0.466 e. The SMILES string of the molecule is CCOC(=O)CC(N)C1CCC2OCOC2C1. The zero-order valence-corrected chi connectivity index (χ0v) is 10.3. The van der Waals surface area contributed by atoms with Gasteiger partial charge in [-0.05, 0) is 32.1 Å². The molecule has 2 N–H and O–H groups in total. The Bertz CT molecular complexity index is 271. The molecule has 98 valence electrons. The van der Waals surface area contributed by atoms with Crippen LogP contribution in [0.5, 0.6) is 0 Å². The molecule has 5 heteroatoms. The van der Waals surface area contributed by atoms with E-state index >= 15 is 0 Å². The maximum Gasteiger partial charge on any atom is 0.307 e. The highest BCUT2D eigenvalue weighted by Crippen LogP contribution is 2.34. The first kappa shape index (κ1) is 12.8. The average Bonchev–Trinajstić information content (AvgIpc) is 2.75. The monoisotopic (exact) mass is 243 g/mol. The molecule has 0 spiro atoms. The van der Waals surface area contributed by atoms with Gasteiger partial charge in [0.15, 0.2) is 0 Å². The van der Waals surface area contributed by atoms with Crippen molar-refractivity contribution in [1.29, 1.82) is 0 Å². The number of rotatable bonds is 4. The van der Waals surface area contributed by atoms with Crippen molar-refractivity contribution < 1.29 is 19.0 Å². The van der Waals surface area contributed by atoms with Crippen LogP contribution in [0.3, 0.4) is 0 Å². The second kappa shape index (κ2) is 5.80. The van der Waals surface area contributed by atoms with E-state index in [2.05, 4.69) is 0 Å². The van der Waals surface area contributed by atoms with E-state index in [-0.39, 0.29) is 24.2 Å². The lowest BCUT2D eigenvalue weighted by Gasteiger charge is -2.32. The highest BCUT2D eigenvalue weighted by molar-refractivity contribution is 5.70. The Balaban J connectivity index is 1.79. The van der Waals surface area contributed by atoms with Crippen molar-refractivity contribution in [1.82, 2.24) is 0 Å². The molecule has 5 nitrogen and oxygen atoms in total. The summed E-state index contributed by atoms with van der Waals surface area (Å²) in [5, 5.41) is 0.